The molecule has 0 rings (SSSR count). The third-order valence-electron chi connectivity index (χ3n) is 0.354. The third kappa shape index (κ3) is 81.2. The van der Waals surface area contributed by atoms with Gasteiger partial charge in [-0.05, 0) is 0 Å². The molecule has 0 fully saturated rings. The minimum Gasteiger partial charge on any atom is -0.870 e. The van der Waals surface area contributed by atoms with Crippen LogP contribution in [0.15, 0.2) is 0 Å². The predicted molar refractivity (Wildman–Crippen MR) is 26.1 cm³/mol. The number of unbranched alkanes of at least 4 members (excludes halogenated alkanes) is 1. The van der Waals surface area contributed by atoms with Crippen LogP contribution in [0.2, 0.25) is 0 Å². The largest absolute Gasteiger partial charge is 4.00 e. The molecule has 0 heterocycles. The van der Waals surface area contributed by atoms with E-state index in [0.717, 1.165) is 6.42 Å². The van der Waals surface area contributed by atoms with Crippen molar-refractivity contribution in [3.63, 3.8) is 0 Å². The second-order valence-electron chi connectivity index (χ2n) is 0.854. The Labute approximate surface area is 65.3 Å². The minimum atomic E-state index is 0. The molecule has 8 heavy (non-hydrogen) atoms. The van der Waals surface area contributed by atoms with Gasteiger partial charge in [0.05, 0.1) is 0 Å². The zero-order valence-electron chi connectivity index (χ0n) is 4.96. The van der Waals surface area contributed by atoms with Crippen LogP contribution in [0.25, 0.3) is 0 Å². The Morgan fingerprint density at radius 2 is 1.25 bits per heavy atom. The second-order valence-corrected chi connectivity index (χ2v) is 0.854. The molecule has 0 spiro atoms. The van der Waals surface area contributed by atoms with Crippen LogP contribution in [0, 0.1) is 6.92 Å². The summed E-state index contributed by atoms with van der Waals surface area (Å²) >= 11 is 0. The Kier molecular flexibility index (Phi) is 235. The monoisotopic (exact) mass is 156 g/mol. The van der Waals surface area contributed by atoms with Crippen molar-refractivity contribution in [1.82, 2.24) is 0 Å². The molecule has 4 heteroatoms. The van der Waals surface area contributed by atoms with Crippen molar-refractivity contribution in [3.8, 4) is 0 Å². The summed E-state index contributed by atoms with van der Waals surface area (Å²) in [5, 5.41) is 0. The van der Waals surface area contributed by atoms with Crippen LogP contribution < -0.4 is 0 Å². The molecular formula is C4H12O3Ti. The van der Waals surface area contributed by atoms with Crippen molar-refractivity contribution in [2.24, 2.45) is 0 Å². The van der Waals surface area contributed by atoms with Gasteiger partial charge < -0.3 is 23.4 Å². The van der Waals surface area contributed by atoms with E-state index in [9.17, 15) is 0 Å². The van der Waals surface area contributed by atoms with Gasteiger partial charge in [-0.3, -0.25) is 0 Å². The molecule has 0 saturated carbocycles. The van der Waals surface area contributed by atoms with Crippen LogP contribution in [0.5, 0.6) is 0 Å². The Morgan fingerprint density at radius 3 is 1.25 bits per heavy atom. The number of rotatable bonds is 1. The van der Waals surface area contributed by atoms with E-state index < -0.39 is 0 Å². The average molecular weight is 156 g/mol. The summed E-state index contributed by atoms with van der Waals surface area (Å²) in [7, 11) is 0. The van der Waals surface area contributed by atoms with Crippen molar-refractivity contribution >= 4 is 0 Å². The van der Waals surface area contributed by atoms with Crippen molar-refractivity contribution in [1.29, 1.82) is 0 Å². The standard InChI is InChI=1S/C4H9.3H2O.Ti/c1-3-4-2;;;;/h1,3-4H2,2H3;3*1H2;/q-1;;;;+4/p-3. The zero-order valence-corrected chi connectivity index (χ0v) is 6.52. The number of hydrogen-bond donors (Lipinski definition) is 0. The van der Waals surface area contributed by atoms with Gasteiger partial charge in [0, 0.05) is 0 Å². The van der Waals surface area contributed by atoms with Crippen LogP contribution >= 0.6 is 0 Å². The average Bonchev–Trinajstić information content (AvgIpc) is 1.37. The van der Waals surface area contributed by atoms with Gasteiger partial charge in [-0.15, -0.1) is 0 Å². The molecule has 0 radical (unpaired) electrons. The first-order chi connectivity index (χ1) is 1.91. The van der Waals surface area contributed by atoms with Gasteiger partial charge in [-0.2, -0.15) is 6.42 Å². The van der Waals surface area contributed by atoms with Gasteiger partial charge in [0.25, 0.3) is 0 Å². The van der Waals surface area contributed by atoms with E-state index >= 15 is 0 Å². The molecule has 0 aliphatic heterocycles. The van der Waals surface area contributed by atoms with Crippen molar-refractivity contribution < 1.29 is 38.1 Å². The molecule has 0 aromatic heterocycles. The molecule has 0 amide bonds. The molecule has 0 aromatic rings. The second kappa shape index (κ2) is 49.1. The van der Waals surface area contributed by atoms with Gasteiger partial charge in [0.2, 0.25) is 0 Å². The first kappa shape index (κ1) is 38.4. The molecule has 50 valence electrons. The predicted octanol–water partition coefficient (Wildman–Crippen LogP) is 1.09. The van der Waals surface area contributed by atoms with Gasteiger partial charge in [0.1, 0.15) is 0 Å². The SMILES string of the molecule is [CH2-]CCC.[OH-].[OH-].[OH-].[Ti+4]. The van der Waals surface area contributed by atoms with E-state index in [1.807, 2.05) is 0 Å². The third-order valence-corrected chi connectivity index (χ3v) is 0.354. The van der Waals surface area contributed by atoms with Gasteiger partial charge in [-0.1, -0.05) is 13.3 Å². The number of hydrogen-bond acceptors (Lipinski definition) is 3. The van der Waals surface area contributed by atoms with E-state index in [0.29, 0.717) is 0 Å². The van der Waals surface area contributed by atoms with E-state index in [1.54, 1.807) is 0 Å². The van der Waals surface area contributed by atoms with Crippen molar-refractivity contribution in [2.75, 3.05) is 0 Å². The Bertz CT molecular complexity index is 13.2. The maximum Gasteiger partial charge on any atom is 4.00 e. The summed E-state index contributed by atoms with van der Waals surface area (Å²) in [5.74, 6) is 0. The Balaban J connectivity index is -0.00000000750. The van der Waals surface area contributed by atoms with Crippen LogP contribution in [0.3, 0.4) is 0 Å². The van der Waals surface area contributed by atoms with Gasteiger partial charge in [0.15, 0.2) is 0 Å². The zero-order chi connectivity index (χ0) is 3.41. The fourth-order valence-corrected chi connectivity index (χ4v) is 0. The van der Waals surface area contributed by atoms with Crippen LogP contribution in [0.4, 0.5) is 0 Å². The van der Waals surface area contributed by atoms with Crippen LogP contribution in [-0.2, 0) is 21.7 Å². The summed E-state index contributed by atoms with van der Waals surface area (Å²) < 4.78 is 0. The maximum absolute atomic E-state index is 3.60. The molecule has 0 aliphatic carbocycles. The van der Waals surface area contributed by atoms with E-state index in [-0.39, 0.29) is 38.1 Å². The van der Waals surface area contributed by atoms with Crippen LogP contribution in [-0.4, -0.2) is 16.4 Å². The van der Waals surface area contributed by atoms with Gasteiger partial charge in [-0.25, -0.2) is 0 Å². The fraction of sp³-hybridized carbons (Fsp3) is 0.750. The molecule has 0 unspecified atom stereocenters. The molecule has 0 aliphatic rings. The molecule has 0 atom stereocenters. The minimum absolute atomic E-state index is 0. The summed E-state index contributed by atoms with van der Waals surface area (Å²) in [6, 6.07) is 0. The maximum atomic E-state index is 3.60. The molecular weight excluding hydrogens is 144 g/mol. The first-order valence-electron chi connectivity index (χ1n) is 1.71. The summed E-state index contributed by atoms with van der Waals surface area (Å²) in [5.41, 5.74) is 0. The Morgan fingerprint density at radius 1 is 1.12 bits per heavy atom. The van der Waals surface area contributed by atoms with Crippen LogP contribution in [0.1, 0.15) is 19.8 Å². The smallest absolute Gasteiger partial charge is 0.870 e. The van der Waals surface area contributed by atoms with Crippen molar-refractivity contribution in [3.05, 3.63) is 6.92 Å². The summed E-state index contributed by atoms with van der Waals surface area (Å²) in [6.45, 7) is 5.72. The first-order valence-corrected chi connectivity index (χ1v) is 1.71. The molecule has 3 nitrogen and oxygen atoms in total. The topological polar surface area (TPSA) is 90.0 Å². The molecule has 0 bridgehead atoms. The van der Waals surface area contributed by atoms with Crippen molar-refractivity contribution in [2.45, 2.75) is 19.8 Å². The summed E-state index contributed by atoms with van der Waals surface area (Å²) in [6.07, 6.45) is 2.28. The molecule has 0 saturated heterocycles. The fourth-order valence-electron chi connectivity index (χ4n) is 0. The van der Waals surface area contributed by atoms with Gasteiger partial charge >= 0.3 is 21.7 Å². The Hall–Kier alpha value is 0.594. The molecule has 3 N–H and O–H groups in total. The van der Waals surface area contributed by atoms with E-state index in [1.165, 1.54) is 6.42 Å². The van der Waals surface area contributed by atoms with E-state index in [2.05, 4.69) is 13.8 Å². The normalized spacial score (nSPS) is 3.75. The quantitative estimate of drug-likeness (QED) is 0.420. The summed E-state index contributed by atoms with van der Waals surface area (Å²) in [4.78, 5) is 0. The molecule has 0 aromatic carbocycles. The van der Waals surface area contributed by atoms with E-state index in [4.69, 9.17) is 0 Å².